The van der Waals surface area contributed by atoms with Crippen LogP contribution in [0.2, 0.25) is 0 Å². The van der Waals surface area contributed by atoms with Gasteiger partial charge in [0.05, 0.1) is 22.9 Å². The minimum absolute atomic E-state index is 0.000403. The van der Waals surface area contributed by atoms with Gasteiger partial charge in [-0.05, 0) is 45.6 Å². The molecule has 1 saturated heterocycles. The average molecular weight is 400 g/mol. The second kappa shape index (κ2) is 7.79. The van der Waals surface area contributed by atoms with Crippen LogP contribution in [0.5, 0.6) is 0 Å². The molecule has 1 aliphatic rings. The average Bonchev–Trinajstić information content (AvgIpc) is 3.06. The number of aryl methyl sites for hydroxylation is 2. The molecular formula is C21H25FN4O3. The first-order valence-corrected chi connectivity index (χ1v) is 9.32. The van der Waals surface area contributed by atoms with Crippen molar-refractivity contribution in [3.63, 3.8) is 0 Å². The lowest BCUT2D eigenvalue weighted by atomic mass is 9.94. The standard InChI is InChI=1S/C21H25FN4O3/c1-12-16(13(2)25(5)23-12)19(27)17-18(14-6-8-15(22)9-7-14)26(11-10-24(3)4)21(29)20(17)28/h6-9,18,27H,10-11H2,1-5H3/b19-17+/t18-/m0/s1. The first-order chi connectivity index (χ1) is 13.6. The Bertz CT molecular complexity index is 992. The molecule has 29 heavy (non-hydrogen) atoms. The maximum Gasteiger partial charge on any atom is 0.295 e. The molecule has 0 spiro atoms. The van der Waals surface area contributed by atoms with Gasteiger partial charge in [-0.3, -0.25) is 14.3 Å². The number of carbonyl (C=O) groups excluding carboxylic acids is 2. The van der Waals surface area contributed by atoms with Crippen molar-refractivity contribution in [2.45, 2.75) is 19.9 Å². The van der Waals surface area contributed by atoms with E-state index in [4.69, 9.17) is 0 Å². The summed E-state index contributed by atoms with van der Waals surface area (Å²) in [6.45, 7) is 4.35. The van der Waals surface area contributed by atoms with Gasteiger partial charge >= 0.3 is 0 Å². The molecule has 0 bridgehead atoms. The van der Waals surface area contributed by atoms with Crippen LogP contribution in [0.3, 0.4) is 0 Å². The first-order valence-electron chi connectivity index (χ1n) is 9.32. The van der Waals surface area contributed by atoms with Crippen molar-refractivity contribution in [3.8, 4) is 0 Å². The Labute approximate surface area is 169 Å². The van der Waals surface area contributed by atoms with Crippen molar-refractivity contribution < 1.29 is 19.1 Å². The Morgan fingerprint density at radius 1 is 1.21 bits per heavy atom. The molecule has 2 heterocycles. The highest BCUT2D eigenvalue weighted by Gasteiger charge is 2.46. The van der Waals surface area contributed by atoms with E-state index in [1.165, 1.54) is 29.2 Å². The van der Waals surface area contributed by atoms with Crippen LogP contribution in [-0.2, 0) is 16.6 Å². The van der Waals surface area contributed by atoms with E-state index in [1.54, 1.807) is 25.6 Å². The Morgan fingerprint density at radius 3 is 2.34 bits per heavy atom. The molecular weight excluding hydrogens is 375 g/mol. The van der Waals surface area contributed by atoms with Crippen LogP contribution in [0.4, 0.5) is 4.39 Å². The molecule has 2 aromatic rings. The van der Waals surface area contributed by atoms with Crippen molar-refractivity contribution in [2.24, 2.45) is 7.05 Å². The van der Waals surface area contributed by atoms with Crippen molar-refractivity contribution in [3.05, 3.63) is 58.2 Å². The lowest BCUT2D eigenvalue weighted by Crippen LogP contribution is -2.35. The minimum Gasteiger partial charge on any atom is -0.507 e. The van der Waals surface area contributed by atoms with E-state index < -0.39 is 23.5 Å². The number of aliphatic hydroxyl groups excluding tert-OH is 1. The molecule has 1 N–H and O–H groups in total. The number of likely N-dealkylation sites (N-methyl/N-ethyl adjacent to an activating group) is 1. The van der Waals surface area contributed by atoms with Gasteiger partial charge in [-0.25, -0.2) is 4.39 Å². The second-order valence-corrected chi connectivity index (χ2v) is 7.52. The number of amides is 1. The number of hydrogen-bond donors (Lipinski definition) is 1. The number of aromatic nitrogens is 2. The van der Waals surface area contributed by atoms with Gasteiger partial charge in [-0.15, -0.1) is 0 Å². The van der Waals surface area contributed by atoms with Crippen LogP contribution < -0.4 is 0 Å². The van der Waals surface area contributed by atoms with Crippen molar-refractivity contribution in [2.75, 3.05) is 27.2 Å². The van der Waals surface area contributed by atoms with Gasteiger partial charge in [0, 0.05) is 25.8 Å². The molecule has 1 aromatic carbocycles. The van der Waals surface area contributed by atoms with Crippen LogP contribution in [0.1, 0.15) is 28.6 Å². The summed E-state index contributed by atoms with van der Waals surface area (Å²) in [5, 5.41) is 15.4. The summed E-state index contributed by atoms with van der Waals surface area (Å²) >= 11 is 0. The molecule has 7 nitrogen and oxygen atoms in total. The monoisotopic (exact) mass is 400 g/mol. The largest absolute Gasteiger partial charge is 0.507 e. The lowest BCUT2D eigenvalue weighted by Gasteiger charge is -2.26. The molecule has 154 valence electrons. The summed E-state index contributed by atoms with van der Waals surface area (Å²) in [6.07, 6.45) is 0. The number of benzene rings is 1. The van der Waals surface area contributed by atoms with Gasteiger partial charge < -0.3 is 14.9 Å². The molecule has 1 aromatic heterocycles. The molecule has 0 saturated carbocycles. The number of hydrogen-bond acceptors (Lipinski definition) is 5. The van der Waals surface area contributed by atoms with Gasteiger partial charge in [0.1, 0.15) is 11.6 Å². The molecule has 8 heteroatoms. The van der Waals surface area contributed by atoms with E-state index in [0.29, 0.717) is 35.6 Å². The van der Waals surface area contributed by atoms with Crippen molar-refractivity contribution >= 4 is 17.4 Å². The summed E-state index contributed by atoms with van der Waals surface area (Å²) in [7, 11) is 5.48. The SMILES string of the molecule is Cc1nn(C)c(C)c1/C(O)=C1\C(=O)C(=O)N(CCN(C)C)[C@H]1c1ccc(F)cc1. The Kier molecular flexibility index (Phi) is 5.57. The number of Topliss-reactive ketones (excluding diaryl/α,β-unsaturated/α-hetero) is 1. The summed E-state index contributed by atoms with van der Waals surface area (Å²) in [6, 6.07) is 4.83. The van der Waals surface area contributed by atoms with Crippen molar-refractivity contribution in [1.82, 2.24) is 19.6 Å². The zero-order chi connectivity index (χ0) is 21.5. The lowest BCUT2D eigenvalue weighted by molar-refractivity contribution is -0.140. The quantitative estimate of drug-likeness (QED) is 0.473. The number of aliphatic hydroxyl groups is 1. The predicted octanol–water partition coefficient (Wildman–Crippen LogP) is 2.16. The Balaban J connectivity index is 2.20. The molecule has 0 radical (unpaired) electrons. The molecule has 0 aliphatic carbocycles. The van der Waals surface area contributed by atoms with E-state index in [9.17, 15) is 19.1 Å². The second-order valence-electron chi connectivity index (χ2n) is 7.52. The number of rotatable bonds is 5. The third-order valence-electron chi connectivity index (χ3n) is 5.26. The number of ketones is 1. The van der Waals surface area contributed by atoms with E-state index in [2.05, 4.69) is 5.10 Å². The van der Waals surface area contributed by atoms with Crippen LogP contribution in [-0.4, -0.2) is 63.6 Å². The zero-order valence-corrected chi connectivity index (χ0v) is 17.2. The fourth-order valence-electron chi connectivity index (χ4n) is 3.66. The molecule has 1 atom stereocenters. The maximum absolute atomic E-state index is 13.5. The summed E-state index contributed by atoms with van der Waals surface area (Å²) in [5.74, 6) is -2.11. The Hall–Kier alpha value is -3.00. The van der Waals surface area contributed by atoms with Gasteiger partial charge in [-0.2, -0.15) is 5.10 Å². The molecule has 1 amide bonds. The van der Waals surface area contributed by atoms with Crippen LogP contribution in [0.15, 0.2) is 29.8 Å². The third kappa shape index (κ3) is 3.67. The minimum atomic E-state index is -0.797. The third-order valence-corrected chi connectivity index (χ3v) is 5.26. The highest BCUT2D eigenvalue weighted by Crippen LogP contribution is 2.40. The van der Waals surface area contributed by atoms with Gasteiger partial charge in [0.25, 0.3) is 11.7 Å². The normalized spacial score (nSPS) is 18.9. The Morgan fingerprint density at radius 2 is 1.83 bits per heavy atom. The molecule has 1 fully saturated rings. The van der Waals surface area contributed by atoms with Gasteiger partial charge in [0.2, 0.25) is 0 Å². The molecule has 3 rings (SSSR count). The number of halogens is 1. The van der Waals surface area contributed by atoms with Crippen molar-refractivity contribution in [1.29, 1.82) is 0 Å². The summed E-state index contributed by atoms with van der Waals surface area (Å²) < 4.78 is 15.1. The van der Waals surface area contributed by atoms with E-state index in [0.717, 1.165) is 0 Å². The summed E-state index contributed by atoms with van der Waals surface area (Å²) in [4.78, 5) is 29.1. The molecule has 0 unspecified atom stereocenters. The van der Waals surface area contributed by atoms with Crippen LogP contribution in [0.25, 0.3) is 5.76 Å². The first kappa shape index (κ1) is 20.7. The maximum atomic E-state index is 13.5. The van der Waals surface area contributed by atoms with Gasteiger partial charge in [-0.1, -0.05) is 12.1 Å². The fraction of sp³-hybridized carbons (Fsp3) is 0.381. The molecule has 1 aliphatic heterocycles. The number of nitrogens with zero attached hydrogens (tertiary/aromatic N) is 4. The topological polar surface area (TPSA) is 78.7 Å². The highest BCUT2D eigenvalue weighted by molar-refractivity contribution is 6.46. The predicted molar refractivity (Wildman–Crippen MR) is 107 cm³/mol. The fourth-order valence-corrected chi connectivity index (χ4v) is 3.66. The van der Waals surface area contributed by atoms with Crippen LogP contribution in [0, 0.1) is 19.7 Å². The van der Waals surface area contributed by atoms with E-state index in [1.807, 2.05) is 19.0 Å². The van der Waals surface area contributed by atoms with Gasteiger partial charge in [0.15, 0.2) is 0 Å². The number of likely N-dealkylation sites (tertiary alicyclic amines) is 1. The highest BCUT2D eigenvalue weighted by atomic mass is 19.1. The van der Waals surface area contributed by atoms with Crippen LogP contribution >= 0.6 is 0 Å². The smallest absolute Gasteiger partial charge is 0.295 e. The van der Waals surface area contributed by atoms with E-state index in [-0.39, 0.29) is 11.3 Å². The van der Waals surface area contributed by atoms with E-state index >= 15 is 0 Å². The summed E-state index contributed by atoms with van der Waals surface area (Å²) in [5.41, 5.74) is 2.23. The number of carbonyl (C=O) groups is 2. The zero-order valence-electron chi connectivity index (χ0n) is 17.2.